The zero-order valence-corrected chi connectivity index (χ0v) is 12.9. The van der Waals surface area contributed by atoms with Gasteiger partial charge in [-0.1, -0.05) is 11.6 Å². The van der Waals surface area contributed by atoms with Gasteiger partial charge in [-0.3, -0.25) is 9.59 Å². The van der Waals surface area contributed by atoms with E-state index in [0.717, 1.165) is 37.2 Å². The summed E-state index contributed by atoms with van der Waals surface area (Å²) < 4.78 is 0. The molecule has 5 nitrogen and oxygen atoms in total. The lowest BCUT2D eigenvalue weighted by atomic mass is 10.1. The second-order valence-electron chi connectivity index (χ2n) is 6.29. The van der Waals surface area contributed by atoms with Crippen LogP contribution in [0.15, 0.2) is 18.2 Å². The van der Waals surface area contributed by atoms with Gasteiger partial charge in [0.1, 0.15) is 0 Å². The molecule has 2 saturated heterocycles. The Bertz CT molecular complexity index is 594. The molecule has 0 bridgehead atoms. The van der Waals surface area contributed by atoms with Crippen LogP contribution in [0.1, 0.15) is 35.2 Å². The molecule has 0 spiro atoms. The summed E-state index contributed by atoms with van der Waals surface area (Å²) in [6.07, 6.45) is 2.87. The molecule has 118 valence electrons. The van der Waals surface area contributed by atoms with Gasteiger partial charge in [-0.15, -0.1) is 0 Å². The van der Waals surface area contributed by atoms with Crippen molar-refractivity contribution in [3.8, 4) is 0 Å². The second kappa shape index (κ2) is 5.99. The highest BCUT2D eigenvalue weighted by Crippen LogP contribution is 2.28. The van der Waals surface area contributed by atoms with E-state index in [2.05, 4.69) is 4.90 Å². The lowest BCUT2D eigenvalue weighted by Gasteiger charge is -2.24. The fourth-order valence-corrected chi connectivity index (χ4v) is 3.37. The van der Waals surface area contributed by atoms with Crippen molar-refractivity contribution in [1.82, 2.24) is 4.90 Å². The number of nitrogens with zero attached hydrogens (tertiary/aromatic N) is 2. The Morgan fingerprint density at radius 1 is 1.18 bits per heavy atom. The molecule has 2 fully saturated rings. The van der Waals surface area contributed by atoms with Crippen LogP contribution >= 0.6 is 0 Å². The summed E-state index contributed by atoms with van der Waals surface area (Å²) in [5, 5.41) is 9.11. The lowest BCUT2D eigenvalue weighted by molar-refractivity contribution is -0.141. The maximum atomic E-state index is 12.9. The number of carboxylic acid groups (broad SMARTS) is 1. The van der Waals surface area contributed by atoms with Crippen LogP contribution in [0.25, 0.3) is 0 Å². The van der Waals surface area contributed by atoms with E-state index in [1.807, 2.05) is 25.1 Å². The van der Waals surface area contributed by atoms with Crippen molar-refractivity contribution >= 4 is 17.6 Å². The summed E-state index contributed by atoms with van der Waals surface area (Å²) in [5.74, 6) is -1.27. The van der Waals surface area contributed by atoms with E-state index >= 15 is 0 Å². The van der Waals surface area contributed by atoms with Gasteiger partial charge in [0.05, 0.1) is 11.5 Å². The third kappa shape index (κ3) is 2.80. The van der Waals surface area contributed by atoms with Crippen LogP contribution in [0.2, 0.25) is 0 Å². The summed E-state index contributed by atoms with van der Waals surface area (Å²) >= 11 is 0. The largest absolute Gasteiger partial charge is 0.481 e. The maximum Gasteiger partial charge on any atom is 0.308 e. The van der Waals surface area contributed by atoms with E-state index in [-0.39, 0.29) is 5.91 Å². The van der Waals surface area contributed by atoms with Gasteiger partial charge in [0.25, 0.3) is 5.91 Å². The number of amides is 1. The molecule has 22 heavy (non-hydrogen) atoms. The van der Waals surface area contributed by atoms with E-state index in [4.69, 9.17) is 5.11 Å². The van der Waals surface area contributed by atoms with Crippen molar-refractivity contribution < 1.29 is 14.7 Å². The van der Waals surface area contributed by atoms with Gasteiger partial charge in [0.15, 0.2) is 0 Å². The number of likely N-dealkylation sites (tertiary alicyclic amines) is 1. The number of benzene rings is 1. The van der Waals surface area contributed by atoms with Crippen LogP contribution in [0, 0.1) is 12.8 Å². The van der Waals surface area contributed by atoms with Crippen LogP contribution < -0.4 is 4.90 Å². The van der Waals surface area contributed by atoms with Gasteiger partial charge in [-0.2, -0.15) is 0 Å². The molecule has 1 aromatic rings. The molecule has 1 amide bonds. The molecule has 2 aliphatic rings. The third-order valence-electron chi connectivity index (χ3n) is 4.65. The summed E-state index contributed by atoms with van der Waals surface area (Å²) in [4.78, 5) is 27.9. The van der Waals surface area contributed by atoms with E-state index < -0.39 is 11.9 Å². The maximum absolute atomic E-state index is 12.9. The molecular weight excluding hydrogens is 280 g/mol. The number of aryl methyl sites for hydroxylation is 1. The van der Waals surface area contributed by atoms with Crippen molar-refractivity contribution in [1.29, 1.82) is 0 Å². The van der Waals surface area contributed by atoms with Crippen LogP contribution in [-0.2, 0) is 4.79 Å². The fraction of sp³-hybridized carbons (Fsp3) is 0.529. The standard InChI is InChI=1S/C17H22N2O3/c1-12-4-5-15(18-7-2-3-8-18)14(10-12)16(20)19-9-6-13(11-19)17(21)22/h4-5,10,13H,2-3,6-9,11H2,1H3,(H,21,22)/t13-/m1/s1. The Labute approximate surface area is 130 Å². The smallest absolute Gasteiger partial charge is 0.308 e. The van der Waals surface area contributed by atoms with Crippen molar-refractivity contribution in [3.63, 3.8) is 0 Å². The Morgan fingerprint density at radius 2 is 1.91 bits per heavy atom. The number of carbonyl (C=O) groups is 2. The molecule has 0 radical (unpaired) electrons. The highest BCUT2D eigenvalue weighted by Gasteiger charge is 2.32. The number of rotatable bonds is 3. The normalized spacial score (nSPS) is 21.4. The molecule has 1 atom stereocenters. The third-order valence-corrected chi connectivity index (χ3v) is 4.65. The van der Waals surface area contributed by atoms with Crippen LogP contribution in [0.5, 0.6) is 0 Å². The number of carbonyl (C=O) groups excluding carboxylic acids is 1. The predicted octanol–water partition coefficient (Wildman–Crippen LogP) is 2.14. The SMILES string of the molecule is Cc1ccc(N2CCCC2)c(C(=O)N2CC[C@@H](C(=O)O)C2)c1. The van der Waals surface area contributed by atoms with Crippen molar-refractivity contribution in [2.24, 2.45) is 5.92 Å². The van der Waals surface area contributed by atoms with Crippen LogP contribution in [0.4, 0.5) is 5.69 Å². The van der Waals surface area contributed by atoms with Gasteiger partial charge in [-0.05, 0) is 38.3 Å². The summed E-state index contributed by atoms with van der Waals surface area (Å²) in [7, 11) is 0. The van der Waals surface area contributed by atoms with E-state index in [1.54, 1.807) is 4.90 Å². The van der Waals surface area contributed by atoms with Gasteiger partial charge in [-0.25, -0.2) is 0 Å². The molecule has 1 N–H and O–H groups in total. The Balaban J connectivity index is 1.85. The highest BCUT2D eigenvalue weighted by atomic mass is 16.4. The van der Waals surface area contributed by atoms with Crippen molar-refractivity contribution in [3.05, 3.63) is 29.3 Å². The fourth-order valence-electron chi connectivity index (χ4n) is 3.37. The molecule has 1 aromatic carbocycles. The van der Waals surface area contributed by atoms with E-state index in [1.165, 1.54) is 0 Å². The summed E-state index contributed by atoms with van der Waals surface area (Å²) in [6.45, 7) is 4.81. The topological polar surface area (TPSA) is 60.9 Å². The Hall–Kier alpha value is -2.04. The number of anilines is 1. The first kappa shape index (κ1) is 14.9. The number of hydrogen-bond donors (Lipinski definition) is 1. The zero-order chi connectivity index (χ0) is 15.7. The zero-order valence-electron chi connectivity index (χ0n) is 12.9. The predicted molar refractivity (Wildman–Crippen MR) is 84.3 cm³/mol. The molecule has 2 aliphatic heterocycles. The molecule has 2 heterocycles. The number of aliphatic carboxylic acids is 1. The van der Waals surface area contributed by atoms with Gasteiger partial charge < -0.3 is 14.9 Å². The van der Waals surface area contributed by atoms with Gasteiger partial charge in [0.2, 0.25) is 0 Å². The molecule has 5 heteroatoms. The first-order valence-corrected chi connectivity index (χ1v) is 7.94. The minimum atomic E-state index is -0.806. The summed E-state index contributed by atoms with van der Waals surface area (Å²) in [6, 6.07) is 6.00. The highest BCUT2D eigenvalue weighted by molar-refractivity contribution is 6.00. The number of hydrogen-bond acceptors (Lipinski definition) is 3. The Morgan fingerprint density at radius 3 is 2.55 bits per heavy atom. The average Bonchev–Trinajstić information content (AvgIpc) is 3.18. The first-order chi connectivity index (χ1) is 10.6. The molecule has 0 aliphatic carbocycles. The minimum Gasteiger partial charge on any atom is -0.481 e. The average molecular weight is 302 g/mol. The monoisotopic (exact) mass is 302 g/mol. The van der Waals surface area contributed by atoms with E-state index in [0.29, 0.717) is 25.1 Å². The minimum absolute atomic E-state index is 0.0330. The summed E-state index contributed by atoms with van der Waals surface area (Å²) in [5.41, 5.74) is 2.76. The van der Waals surface area contributed by atoms with Crippen molar-refractivity contribution in [2.75, 3.05) is 31.1 Å². The number of carboxylic acids is 1. The van der Waals surface area contributed by atoms with Gasteiger partial charge >= 0.3 is 5.97 Å². The second-order valence-corrected chi connectivity index (χ2v) is 6.29. The Kier molecular flexibility index (Phi) is 4.05. The van der Waals surface area contributed by atoms with E-state index in [9.17, 15) is 9.59 Å². The molecule has 3 rings (SSSR count). The molecule has 0 aromatic heterocycles. The lowest BCUT2D eigenvalue weighted by Crippen LogP contribution is -2.32. The quantitative estimate of drug-likeness (QED) is 0.929. The van der Waals surface area contributed by atoms with Crippen molar-refractivity contribution in [2.45, 2.75) is 26.2 Å². The van der Waals surface area contributed by atoms with Crippen LogP contribution in [-0.4, -0.2) is 48.1 Å². The van der Waals surface area contributed by atoms with Gasteiger partial charge in [0, 0.05) is 31.9 Å². The first-order valence-electron chi connectivity index (χ1n) is 7.94. The van der Waals surface area contributed by atoms with Crippen LogP contribution in [0.3, 0.4) is 0 Å². The molecule has 0 saturated carbocycles. The molecule has 0 unspecified atom stereocenters. The molecular formula is C17H22N2O3.